The van der Waals surface area contributed by atoms with E-state index in [4.69, 9.17) is 0 Å². The second-order valence-electron chi connectivity index (χ2n) is 8.29. The van der Waals surface area contributed by atoms with Gasteiger partial charge < -0.3 is 9.88 Å². The predicted octanol–water partition coefficient (Wildman–Crippen LogP) is 5.78. The van der Waals surface area contributed by atoms with Gasteiger partial charge in [0, 0.05) is 35.5 Å². The molecule has 39 heavy (non-hydrogen) atoms. The highest BCUT2D eigenvalue weighted by atomic mass is 19.4. The average molecular weight is 533 g/mol. The van der Waals surface area contributed by atoms with Crippen molar-refractivity contribution in [2.24, 2.45) is 5.10 Å². The molecular weight excluding hydrogens is 514 g/mol. The van der Waals surface area contributed by atoms with Gasteiger partial charge in [-0.25, -0.2) is 24.8 Å². The third kappa shape index (κ3) is 6.21. The van der Waals surface area contributed by atoms with Gasteiger partial charge >= 0.3 is 6.18 Å². The molecule has 0 aliphatic heterocycles. The molecule has 2 N–H and O–H groups in total. The van der Waals surface area contributed by atoms with Crippen molar-refractivity contribution in [2.75, 3.05) is 10.7 Å². The van der Waals surface area contributed by atoms with Gasteiger partial charge in [0.1, 0.15) is 5.69 Å². The zero-order valence-electron chi connectivity index (χ0n) is 20.2. The van der Waals surface area contributed by atoms with E-state index in [2.05, 4.69) is 40.8 Å². The summed E-state index contributed by atoms with van der Waals surface area (Å²) in [4.78, 5) is 20.3. The van der Waals surface area contributed by atoms with Crippen molar-refractivity contribution in [2.45, 2.75) is 13.1 Å². The molecule has 196 valence electrons. The number of anilines is 3. The molecule has 0 aliphatic rings. The quantitative estimate of drug-likeness (QED) is 0.155. The molecule has 0 amide bonds. The molecule has 5 rings (SSSR count). The number of nitrogens with one attached hydrogen (secondary N) is 2. The summed E-state index contributed by atoms with van der Waals surface area (Å²) in [7, 11) is 0. The second kappa shape index (κ2) is 10.7. The lowest BCUT2D eigenvalue weighted by molar-refractivity contribution is -0.137. The van der Waals surface area contributed by atoms with Crippen LogP contribution in [0.2, 0.25) is 0 Å². The summed E-state index contributed by atoms with van der Waals surface area (Å²) in [6, 6.07) is 10.3. The highest BCUT2D eigenvalue weighted by molar-refractivity contribution is 5.78. The number of pyridine rings is 2. The smallest absolute Gasteiger partial charge is 0.354 e. The normalized spacial score (nSPS) is 11.6. The molecule has 4 heterocycles. The Kier molecular flexibility index (Phi) is 6.95. The predicted molar refractivity (Wildman–Crippen MR) is 137 cm³/mol. The van der Waals surface area contributed by atoms with Crippen LogP contribution in [0.25, 0.3) is 16.9 Å². The molecule has 1 aromatic carbocycles. The molecule has 0 fully saturated rings. The van der Waals surface area contributed by atoms with Crippen molar-refractivity contribution in [3.8, 4) is 16.9 Å². The van der Waals surface area contributed by atoms with Crippen LogP contribution >= 0.6 is 0 Å². The first-order valence-electron chi connectivity index (χ1n) is 11.4. The number of alkyl halides is 3. The Bertz CT molecular complexity index is 1620. The Hall–Kier alpha value is -5.20. The SMILES string of the molecule is Cc1cn(-c2cc(Nc3ccc(/C=N/Nc4ncc(F)c(-c5cccnc5)n4)nc3)cc(C(F)(F)F)c2)cn1. The van der Waals surface area contributed by atoms with E-state index in [1.807, 2.05) is 0 Å². The monoisotopic (exact) mass is 533 g/mol. The minimum absolute atomic E-state index is 0.0678. The van der Waals surface area contributed by atoms with Crippen LogP contribution in [0.4, 0.5) is 34.9 Å². The van der Waals surface area contributed by atoms with E-state index in [1.54, 1.807) is 49.6 Å². The molecule has 0 radical (unpaired) electrons. The first-order chi connectivity index (χ1) is 18.7. The van der Waals surface area contributed by atoms with E-state index in [0.717, 1.165) is 18.3 Å². The fourth-order valence-electron chi connectivity index (χ4n) is 3.56. The third-order valence-electron chi connectivity index (χ3n) is 5.37. The zero-order valence-corrected chi connectivity index (χ0v) is 20.2. The number of benzene rings is 1. The number of hydrogen-bond donors (Lipinski definition) is 2. The van der Waals surface area contributed by atoms with Crippen LogP contribution in [-0.4, -0.2) is 35.7 Å². The number of nitrogens with zero attached hydrogens (tertiary/aromatic N) is 7. The van der Waals surface area contributed by atoms with E-state index < -0.39 is 17.6 Å². The Morgan fingerprint density at radius 2 is 1.85 bits per heavy atom. The number of aromatic nitrogens is 6. The standard InChI is InChI=1S/C26H19F4N9/c1-16-14-39(15-34-16)22-8-18(26(28,29)30)7-21(9-22)36-20-5-4-19(32-11-20)12-35-38-25-33-13-23(27)24(37-25)17-3-2-6-31-10-17/h2-15,36H,1H3,(H,33,37,38)/b35-12+. The van der Waals surface area contributed by atoms with Crippen LogP contribution < -0.4 is 10.7 Å². The van der Waals surface area contributed by atoms with Crippen molar-refractivity contribution in [3.05, 3.63) is 103 Å². The van der Waals surface area contributed by atoms with Crippen LogP contribution in [0.1, 0.15) is 17.0 Å². The fourth-order valence-corrected chi connectivity index (χ4v) is 3.56. The largest absolute Gasteiger partial charge is 0.416 e. The lowest BCUT2D eigenvalue weighted by Gasteiger charge is -2.14. The van der Waals surface area contributed by atoms with Crippen molar-refractivity contribution in [1.82, 2.24) is 29.5 Å². The van der Waals surface area contributed by atoms with Gasteiger partial charge in [-0.05, 0) is 49.4 Å². The Morgan fingerprint density at radius 1 is 0.974 bits per heavy atom. The number of hydrogen-bond acceptors (Lipinski definition) is 8. The molecule has 5 aromatic rings. The van der Waals surface area contributed by atoms with E-state index in [1.165, 1.54) is 29.5 Å². The minimum Gasteiger partial charge on any atom is -0.354 e. The van der Waals surface area contributed by atoms with Gasteiger partial charge in [0.05, 0.1) is 47.6 Å². The molecular formula is C26H19F4N9. The van der Waals surface area contributed by atoms with E-state index in [0.29, 0.717) is 28.3 Å². The van der Waals surface area contributed by atoms with Crippen molar-refractivity contribution >= 4 is 23.5 Å². The van der Waals surface area contributed by atoms with Crippen LogP contribution in [-0.2, 0) is 6.18 Å². The Morgan fingerprint density at radius 3 is 2.54 bits per heavy atom. The summed E-state index contributed by atoms with van der Waals surface area (Å²) in [5.74, 6) is -0.534. The highest BCUT2D eigenvalue weighted by Crippen LogP contribution is 2.34. The summed E-state index contributed by atoms with van der Waals surface area (Å²) in [6.45, 7) is 1.75. The highest BCUT2D eigenvalue weighted by Gasteiger charge is 2.31. The molecule has 0 unspecified atom stereocenters. The fraction of sp³-hybridized carbons (Fsp3) is 0.0769. The molecule has 0 bridgehead atoms. The second-order valence-corrected chi connectivity index (χ2v) is 8.29. The van der Waals surface area contributed by atoms with Gasteiger partial charge in [-0.15, -0.1) is 0 Å². The lowest BCUT2D eigenvalue weighted by Crippen LogP contribution is -2.07. The summed E-state index contributed by atoms with van der Waals surface area (Å²) >= 11 is 0. The molecule has 0 atom stereocenters. The van der Waals surface area contributed by atoms with E-state index >= 15 is 0 Å². The van der Waals surface area contributed by atoms with Gasteiger partial charge in [0.15, 0.2) is 5.82 Å². The number of halogens is 4. The molecule has 0 aliphatic carbocycles. The van der Waals surface area contributed by atoms with Crippen LogP contribution in [0.15, 0.2) is 84.9 Å². The van der Waals surface area contributed by atoms with Gasteiger partial charge in [0.25, 0.3) is 0 Å². The maximum absolute atomic E-state index is 14.1. The van der Waals surface area contributed by atoms with E-state index in [9.17, 15) is 17.6 Å². The summed E-state index contributed by atoms with van der Waals surface area (Å²) in [6.07, 6.45) is 5.49. The number of rotatable bonds is 7. The summed E-state index contributed by atoms with van der Waals surface area (Å²) in [5, 5.41) is 6.97. The first-order valence-corrected chi connectivity index (χ1v) is 11.4. The number of hydrazone groups is 1. The van der Waals surface area contributed by atoms with Gasteiger partial charge in [-0.2, -0.15) is 18.3 Å². The lowest BCUT2D eigenvalue weighted by atomic mass is 10.1. The van der Waals surface area contributed by atoms with Crippen molar-refractivity contribution in [1.29, 1.82) is 0 Å². The Balaban J connectivity index is 1.29. The maximum atomic E-state index is 14.1. The van der Waals surface area contributed by atoms with Crippen molar-refractivity contribution in [3.63, 3.8) is 0 Å². The third-order valence-corrected chi connectivity index (χ3v) is 5.37. The first kappa shape index (κ1) is 25.4. The van der Waals surface area contributed by atoms with Crippen molar-refractivity contribution < 1.29 is 17.6 Å². The summed E-state index contributed by atoms with van der Waals surface area (Å²) in [5.41, 5.74) is 4.52. The van der Waals surface area contributed by atoms with Gasteiger partial charge in [-0.1, -0.05) is 0 Å². The molecule has 0 saturated carbocycles. The molecule has 0 saturated heterocycles. The Labute approximate surface area is 219 Å². The number of imidazole rings is 1. The van der Waals surface area contributed by atoms with Crippen LogP contribution in [0.3, 0.4) is 0 Å². The topological polar surface area (TPSA) is 106 Å². The van der Waals surface area contributed by atoms with Gasteiger partial charge in [0.2, 0.25) is 5.95 Å². The molecule has 9 nitrogen and oxygen atoms in total. The molecule has 13 heteroatoms. The van der Waals surface area contributed by atoms with E-state index in [-0.39, 0.29) is 17.3 Å². The number of aryl methyl sites for hydroxylation is 1. The van der Waals surface area contributed by atoms with Crippen LogP contribution in [0, 0.1) is 12.7 Å². The van der Waals surface area contributed by atoms with Gasteiger partial charge in [-0.3, -0.25) is 9.97 Å². The maximum Gasteiger partial charge on any atom is 0.416 e. The van der Waals surface area contributed by atoms with Crippen LogP contribution in [0.5, 0.6) is 0 Å². The minimum atomic E-state index is -4.53. The molecule has 0 spiro atoms. The summed E-state index contributed by atoms with van der Waals surface area (Å²) < 4.78 is 56.2. The molecule has 4 aromatic heterocycles. The average Bonchev–Trinajstić information content (AvgIpc) is 3.37. The zero-order chi connectivity index (χ0) is 27.4.